The van der Waals surface area contributed by atoms with Crippen molar-refractivity contribution in [1.82, 2.24) is 5.32 Å². The number of carbonyl (C=O) groups excluding carboxylic acids is 1. The summed E-state index contributed by atoms with van der Waals surface area (Å²) in [5.41, 5.74) is 1.15. The lowest BCUT2D eigenvalue weighted by molar-refractivity contribution is -0.120. The van der Waals surface area contributed by atoms with Crippen molar-refractivity contribution in [1.29, 1.82) is 0 Å². The quantitative estimate of drug-likeness (QED) is 0.807. The Balaban J connectivity index is 2.63. The van der Waals surface area contributed by atoms with Crippen LogP contribution < -0.4 is 5.32 Å². The molecule has 0 saturated carbocycles. The van der Waals surface area contributed by atoms with Gasteiger partial charge in [-0.1, -0.05) is 30.3 Å². The molecule has 1 aromatic rings. The van der Waals surface area contributed by atoms with Crippen molar-refractivity contribution in [2.24, 2.45) is 0 Å². The third-order valence-electron chi connectivity index (χ3n) is 3.14. The number of benzene rings is 1. The van der Waals surface area contributed by atoms with E-state index in [2.05, 4.69) is 5.32 Å². The number of hydrogen-bond acceptors (Lipinski definition) is 3. The molecule has 4 heteroatoms. The van der Waals surface area contributed by atoms with E-state index in [1.165, 1.54) is 11.8 Å². The summed E-state index contributed by atoms with van der Waals surface area (Å²) >= 11 is 1.53. The molecule has 3 unspecified atom stereocenters. The fourth-order valence-electron chi connectivity index (χ4n) is 1.95. The van der Waals surface area contributed by atoms with Gasteiger partial charge in [-0.2, -0.15) is 11.8 Å². The fraction of sp³-hybridized carbons (Fsp3) is 0.533. The summed E-state index contributed by atoms with van der Waals surface area (Å²) in [6.07, 6.45) is 2.20. The van der Waals surface area contributed by atoms with E-state index in [1.807, 2.05) is 43.5 Å². The van der Waals surface area contributed by atoms with Gasteiger partial charge in [0.15, 0.2) is 0 Å². The highest BCUT2D eigenvalue weighted by atomic mass is 32.2. The SMILES string of the molecule is CSC(C)C(=O)NCC(CC(C)O)c1ccccc1. The molecule has 3 nitrogen and oxygen atoms in total. The van der Waals surface area contributed by atoms with E-state index < -0.39 is 0 Å². The molecule has 0 aliphatic rings. The minimum absolute atomic E-state index is 0.0389. The van der Waals surface area contributed by atoms with Crippen molar-refractivity contribution in [3.8, 4) is 0 Å². The van der Waals surface area contributed by atoms with Crippen molar-refractivity contribution in [3.63, 3.8) is 0 Å². The van der Waals surface area contributed by atoms with E-state index in [9.17, 15) is 9.90 Å². The molecule has 0 aliphatic carbocycles. The number of thioether (sulfide) groups is 1. The van der Waals surface area contributed by atoms with Gasteiger partial charge in [0.2, 0.25) is 5.91 Å². The smallest absolute Gasteiger partial charge is 0.232 e. The molecule has 0 spiro atoms. The number of aliphatic hydroxyl groups is 1. The van der Waals surface area contributed by atoms with Gasteiger partial charge in [0.1, 0.15) is 0 Å². The van der Waals surface area contributed by atoms with Crippen LogP contribution in [0.2, 0.25) is 0 Å². The molecular weight excluding hydrogens is 258 g/mol. The van der Waals surface area contributed by atoms with Crippen LogP contribution in [-0.4, -0.2) is 35.2 Å². The zero-order chi connectivity index (χ0) is 14.3. The van der Waals surface area contributed by atoms with E-state index in [0.717, 1.165) is 5.56 Å². The van der Waals surface area contributed by atoms with Gasteiger partial charge < -0.3 is 10.4 Å². The summed E-state index contributed by atoms with van der Waals surface area (Å²) in [6, 6.07) is 10.0. The summed E-state index contributed by atoms with van der Waals surface area (Å²) in [5.74, 6) is 0.207. The number of rotatable bonds is 7. The Bertz CT molecular complexity index is 381. The van der Waals surface area contributed by atoms with Crippen LogP contribution in [-0.2, 0) is 4.79 Å². The van der Waals surface area contributed by atoms with Gasteiger partial charge >= 0.3 is 0 Å². The molecule has 0 radical (unpaired) electrons. The molecule has 106 valence electrons. The highest BCUT2D eigenvalue weighted by Crippen LogP contribution is 2.20. The van der Waals surface area contributed by atoms with Crippen molar-refractivity contribution < 1.29 is 9.90 Å². The summed E-state index contributed by atoms with van der Waals surface area (Å²) in [5, 5.41) is 12.5. The molecule has 0 heterocycles. The normalized spacial score (nSPS) is 15.6. The van der Waals surface area contributed by atoms with Crippen LogP contribution in [0.3, 0.4) is 0 Å². The fourth-order valence-corrected chi connectivity index (χ4v) is 2.25. The Labute approximate surface area is 119 Å². The van der Waals surface area contributed by atoms with Crippen molar-refractivity contribution in [2.45, 2.75) is 37.5 Å². The molecule has 0 fully saturated rings. The van der Waals surface area contributed by atoms with Gasteiger partial charge in [-0.15, -0.1) is 0 Å². The Morgan fingerprint density at radius 2 is 1.95 bits per heavy atom. The Morgan fingerprint density at radius 1 is 1.32 bits per heavy atom. The summed E-state index contributed by atoms with van der Waals surface area (Å²) in [7, 11) is 0. The third-order valence-corrected chi connectivity index (χ3v) is 4.06. The maximum atomic E-state index is 11.8. The summed E-state index contributed by atoms with van der Waals surface area (Å²) in [4.78, 5) is 11.8. The third kappa shape index (κ3) is 5.66. The van der Waals surface area contributed by atoms with Gasteiger partial charge in [0.25, 0.3) is 0 Å². The maximum Gasteiger partial charge on any atom is 0.232 e. The number of aliphatic hydroxyl groups excluding tert-OH is 1. The predicted molar refractivity (Wildman–Crippen MR) is 81.5 cm³/mol. The van der Waals surface area contributed by atoms with Crippen LogP contribution in [0.4, 0.5) is 0 Å². The lowest BCUT2D eigenvalue weighted by Crippen LogP contribution is -2.34. The molecule has 1 amide bonds. The molecule has 0 aromatic heterocycles. The van der Waals surface area contributed by atoms with E-state index >= 15 is 0 Å². The van der Waals surface area contributed by atoms with Crippen LogP contribution in [0.5, 0.6) is 0 Å². The molecule has 0 aliphatic heterocycles. The van der Waals surface area contributed by atoms with Gasteiger partial charge in [-0.3, -0.25) is 4.79 Å². The van der Waals surface area contributed by atoms with Gasteiger partial charge in [-0.25, -0.2) is 0 Å². The minimum Gasteiger partial charge on any atom is -0.393 e. The topological polar surface area (TPSA) is 49.3 Å². The van der Waals surface area contributed by atoms with Crippen LogP contribution in [0.15, 0.2) is 30.3 Å². The first-order valence-electron chi connectivity index (χ1n) is 6.58. The number of nitrogens with one attached hydrogen (secondary N) is 1. The number of carbonyl (C=O) groups is 1. The highest BCUT2D eigenvalue weighted by Gasteiger charge is 2.17. The van der Waals surface area contributed by atoms with E-state index in [0.29, 0.717) is 13.0 Å². The standard InChI is InChI=1S/C15H23NO2S/c1-11(17)9-14(13-7-5-4-6-8-13)10-16-15(18)12(2)19-3/h4-8,11-12,14,17H,9-10H2,1-3H3,(H,16,18). The molecule has 2 N–H and O–H groups in total. The summed E-state index contributed by atoms with van der Waals surface area (Å²) in [6.45, 7) is 4.24. The lowest BCUT2D eigenvalue weighted by Gasteiger charge is -2.20. The van der Waals surface area contributed by atoms with Crippen LogP contribution >= 0.6 is 11.8 Å². The lowest BCUT2D eigenvalue weighted by atomic mass is 9.93. The number of amides is 1. The zero-order valence-corrected chi connectivity index (χ0v) is 12.6. The van der Waals surface area contributed by atoms with Gasteiger partial charge in [0, 0.05) is 12.5 Å². The average molecular weight is 281 g/mol. The molecule has 3 atom stereocenters. The predicted octanol–water partition coefficient (Wildman–Crippen LogP) is 2.41. The number of hydrogen-bond donors (Lipinski definition) is 2. The first-order chi connectivity index (χ1) is 9.04. The van der Waals surface area contributed by atoms with E-state index in [-0.39, 0.29) is 23.2 Å². The van der Waals surface area contributed by atoms with Crippen LogP contribution in [0, 0.1) is 0 Å². The Kier molecular flexibility index (Phi) is 6.95. The van der Waals surface area contributed by atoms with Gasteiger partial charge in [-0.05, 0) is 32.1 Å². The van der Waals surface area contributed by atoms with Crippen molar-refractivity contribution in [3.05, 3.63) is 35.9 Å². The van der Waals surface area contributed by atoms with Crippen molar-refractivity contribution >= 4 is 17.7 Å². The molecule has 1 aromatic carbocycles. The van der Waals surface area contributed by atoms with Crippen molar-refractivity contribution in [2.75, 3.05) is 12.8 Å². The maximum absolute atomic E-state index is 11.8. The second-order valence-corrected chi connectivity index (χ2v) is 5.99. The average Bonchev–Trinajstić information content (AvgIpc) is 2.42. The molecular formula is C15H23NO2S. The molecule has 19 heavy (non-hydrogen) atoms. The molecule has 1 rings (SSSR count). The first-order valence-corrected chi connectivity index (χ1v) is 7.87. The zero-order valence-electron chi connectivity index (χ0n) is 11.8. The minimum atomic E-state index is -0.375. The van der Waals surface area contributed by atoms with Crippen LogP contribution in [0.1, 0.15) is 31.7 Å². The molecule has 0 bridgehead atoms. The molecule has 0 saturated heterocycles. The Hall–Kier alpha value is -1.00. The Morgan fingerprint density at radius 3 is 2.47 bits per heavy atom. The second-order valence-electron chi connectivity index (χ2n) is 4.82. The first kappa shape index (κ1) is 16.1. The largest absolute Gasteiger partial charge is 0.393 e. The van der Waals surface area contributed by atoms with Gasteiger partial charge in [0.05, 0.1) is 11.4 Å². The summed E-state index contributed by atoms with van der Waals surface area (Å²) < 4.78 is 0. The van der Waals surface area contributed by atoms with E-state index in [4.69, 9.17) is 0 Å². The monoisotopic (exact) mass is 281 g/mol. The van der Waals surface area contributed by atoms with E-state index in [1.54, 1.807) is 6.92 Å². The van der Waals surface area contributed by atoms with Crippen LogP contribution in [0.25, 0.3) is 0 Å². The second kappa shape index (κ2) is 8.23. The highest BCUT2D eigenvalue weighted by molar-refractivity contribution is 7.99.